The van der Waals surface area contributed by atoms with E-state index < -0.39 is 5.82 Å². The molecule has 0 radical (unpaired) electrons. The number of rotatable bonds is 7. The first-order chi connectivity index (χ1) is 14.1. The number of hydrogen-bond donors (Lipinski definition) is 6. The average molecular weight is 401 g/mol. The van der Waals surface area contributed by atoms with Crippen molar-refractivity contribution in [2.45, 2.75) is 25.3 Å². The van der Waals surface area contributed by atoms with E-state index in [4.69, 9.17) is 15.6 Å². The molecule has 3 rings (SSSR count). The van der Waals surface area contributed by atoms with Crippen molar-refractivity contribution >= 4 is 23.3 Å². The fourth-order valence-electron chi connectivity index (χ4n) is 3.54. The van der Waals surface area contributed by atoms with E-state index in [1.807, 2.05) is 0 Å². The highest BCUT2D eigenvalue weighted by Gasteiger charge is 2.21. The van der Waals surface area contributed by atoms with Gasteiger partial charge in [0.1, 0.15) is 11.7 Å². The summed E-state index contributed by atoms with van der Waals surface area (Å²) in [6, 6.07) is 5.07. The number of anilines is 1. The fourth-order valence-corrected chi connectivity index (χ4v) is 3.54. The minimum Gasteiger partial charge on any atom is -0.393 e. The Morgan fingerprint density at radius 1 is 1.31 bits per heavy atom. The van der Waals surface area contributed by atoms with Crippen LogP contribution in [0.25, 0.3) is 5.57 Å². The fraction of sp³-hybridized carbons (Fsp3) is 0.429. The molecule has 2 heterocycles. The van der Waals surface area contributed by atoms with Crippen LogP contribution in [0.1, 0.15) is 24.8 Å². The normalized spacial score (nSPS) is 18.3. The molecule has 6 N–H and O–H groups in total. The highest BCUT2D eigenvalue weighted by atomic mass is 19.1. The number of amidine groups is 1. The predicted octanol–water partition coefficient (Wildman–Crippen LogP) is 2.44. The van der Waals surface area contributed by atoms with Crippen molar-refractivity contribution in [2.75, 3.05) is 38.7 Å². The standard InChI is InChI=1S/C21H29FN6O/c1-25-12-15(11-23)14-2-3-20(18(22)10-14)28-21(24)17-13-26-7-4-19(17)27-16-5-8-29-9-6-16/h2-3,10-12,16,23,25-27H,4-9,13H2,1H3,(H2,24,28)/b15-12+,23-11?. The van der Waals surface area contributed by atoms with Crippen molar-refractivity contribution in [3.63, 3.8) is 0 Å². The average Bonchev–Trinajstić information content (AvgIpc) is 2.74. The molecule has 0 aliphatic carbocycles. The van der Waals surface area contributed by atoms with Gasteiger partial charge in [-0.1, -0.05) is 6.07 Å². The second-order valence-corrected chi connectivity index (χ2v) is 7.14. The Morgan fingerprint density at radius 2 is 2.10 bits per heavy atom. The zero-order valence-electron chi connectivity index (χ0n) is 16.7. The van der Waals surface area contributed by atoms with Crippen LogP contribution in [0.5, 0.6) is 0 Å². The van der Waals surface area contributed by atoms with Crippen LogP contribution in [0.3, 0.4) is 0 Å². The lowest BCUT2D eigenvalue weighted by molar-refractivity contribution is 0.0800. The molecular formula is C21H29FN6O. The molecule has 1 aromatic carbocycles. The van der Waals surface area contributed by atoms with Gasteiger partial charge in [0.25, 0.3) is 0 Å². The van der Waals surface area contributed by atoms with E-state index in [1.54, 1.807) is 25.4 Å². The Balaban J connectivity index is 1.75. The summed E-state index contributed by atoms with van der Waals surface area (Å²) in [5.74, 6) is -0.268. The molecule has 1 fully saturated rings. The Hall–Kier alpha value is -2.71. The van der Waals surface area contributed by atoms with Crippen molar-refractivity contribution < 1.29 is 9.13 Å². The molecular weight excluding hydrogens is 371 g/mol. The number of benzene rings is 1. The minimum atomic E-state index is -0.459. The monoisotopic (exact) mass is 400 g/mol. The summed E-state index contributed by atoms with van der Waals surface area (Å²) >= 11 is 0. The number of hydrogen-bond acceptors (Lipinski definition) is 6. The molecule has 0 amide bonds. The van der Waals surface area contributed by atoms with Crippen LogP contribution in [-0.4, -0.2) is 51.4 Å². The van der Waals surface area contributed by atoms with Crippen LogP contribution in [0.15, 0.2) is 35.7 Å². The van der Waals surface area contributed by atoms with Gasteiger partial charge in [-0.15, -0.1) is 0 Å². The van der Waals surface area contributed by atoms with Crippen molar-refractivity contribution in [1.29, 1.82) is 10.8 Å². The molecule has 1 saturated heterocycles. The van der Waals surface area contributed by atoms with Gasteiger partial charge in [-0.25, -0.2) is 4.39 Å². The second kappa shape index (κ2) is 10.2. The summed E-state index contributed by atoms with van der Waals surface area (Å²) in [5.41, 5.74) is 3.31. The van der Waals surface area contributed by atoms with Crippen molar-refractivity contribution in [3.05, 3.63) is 47.0 Å². The zero-order valence-corrected chi connectivity index (χ0v) is 16.7. The van der Waals surface area contributed by atoms with Gasteiger partial charge in [0, 0.05) is 75.1 Å². The van der Waals surface area contributed by atoms with Crippen molar-refractivity contribution in [3.8, 4) is 0 Å². The van der Waals surface area contributed by atoms with Gasteiger partial charge in [0.2, 0.25) is 0 Å². The van der Waals surface area contributed by atoms with E-state index in [0.717, 1.165) is 50.3 Å². The van der Waals surface area contributed by atoms with Gasteiger partial charge in [0.15, 0.2) is 0 Å². The molecule has 0 unspecified atom stereocenters. The van der Waals surface area contributed by atoms with Gasteiger partial charge in [-0.2, -0.15) is 0 Å². The molecule has 0 atom stereocenters. The first-order valence-electron chi connectivity index (χ1n) is 9.93. The molecule has 0 spiro atoms. The molecule has 0 bridgehead atoms. The van der Waals surface area contributed by atoms with E-state index in [-0.39, 0.29) is 11.5 Å². The maximum absolute atomic E-state index is 14.6. The van der Waals surface area contributed by atoms with Crippen LogP contribution in [0, 0.1) is 16.6 Å². The summed E-state index contributed by atoms with van der Waals surface area (Å²) < 4.78 is 20.1. The molecule has 1 aromatic rings. The third-order valence-electron chi connectivity index (χ3n) is 5.14. The largest absolute Gasteiger partial charge is 0.393 e. The van der Waals surface area contributed by atoms with Crippen LogP contribution in [0.2, 0.25) is 0 Å². The quantitative estimate of drug-likeness (QED) is 0.312. The predicted molar refractivity (Wildman–Crippen MR) is 115 cm³/mol. The number of ether oxygens (including phenoxy) is 1. The van der Waals surface area contributed by atoms with E-state index in [1.165, 1.54) is 12.3 Å². The Morgan fingerprint density at radius 3 is 2.79 bits per heavy atom. The molecule has 8 heteroatoms. The van der Waals surface area contributed by atoms with Gasteiger partial charge in [0.05, 0.1) is 5.69 Å². The lowest BCUT2D eigenvalue weighted by atomic mass is 10.0. The molecule has 0 saturated carbocycles. The molecule has 156 valence electrons. The molecule has 2 aliphatic heterocycles. The number of allylic oxidation sites excluding steroid dienone is 1. The summed E-state index contributed by atoms with van der Waals surface area (Å²) in [6.07, 6.45) is 5.54. The SMILES string of the molecule is CN/C=C(\C=N)c1ccc(NC(=N)C2=C(NC3CCOCC3)CCNC2)c(F)c1. The summed E-state index contributed by atoms with van der Waals surface area (Å²) in [6.45, 7) is 2.94. The van der Waals surface area contributed by atoms with Gasteiger partial charge in [-0.3, -0.25) is 5.41 Å². The molecule has 0 aromatic heterocycles. The van der Waals surface area contributed by atoms with Crippen LogP contribution < -0.4 is 21.3 Å². The van der Waals surface area contributed by atoms with E-state index in [0.29, 0.717) is 23.7 Å². The summed E-state index contributed by atoms with van der Waals surface area (Å²) in [4.78, 5) is 0. The topological polar surface area (TPSA) is 105 Å². The first-order valence-corrected chi connectivity index (χ1v) is 9.93. The lowest BCUT2D eigenvalue weighted by Crippen LogP contribution is -2.40. The summed E-state index contributed by atoms with van der Waals surface area (Å²) in [7, 11) is 1.73. The Labute approximate surface area is 170 Å². The van der Waals surface area contributed by atoms with E-state index in [2.05, 4.69) is 21.3 Å². The highest BCUT2D eigenvalue weighted by molar-refractivity contribution is 6.09. The maximum Gasteiger partial charge on any atom is 0.147 e. The van der Waals surface area contributed by atoms with Crippen LogP contribution >= 0.6 is 0 Å². The van der Waals surface area contributed by atoms with Gasteiger partial charge in [-0.05, 0) is 30.5 Å². The molecule has 29 heavy (non-hydrogen) atoms. The number of nitrogens with one attached hydrogen (secondary N) is 6. The van der Waals surface area contributed by atoms with E-state index >= 15 is 0 Å². The Kier molecular flexibility index (Phi) is 7.37. The number of halogens is 1. The third kappa shape index (κ3) is 5.42. The summed E-state index contributed by atoms with van der Waals surface area (Å²) in [5, 5.41) is 28.6. The molecule has 2 aliphatic rings. The Bertz CT molecular complexity index is 813. The van der Waals surface area contributed by atoms with E-state index in [9.17, 15) is 4.39 Å². The van der Waals surface area contributed by atoms with Crippen LogP contribution in [-0.2, 0) is 4.74 Å². The third-order valence-corrected chi connectivity index (χ3v) is 5.14. The van der Waals surface area contributed by atoms with Crippen LogP contribution in [0.4, 0.5) is 10.1 Å². The smallest absolute Gasteiger partial charge is 0.147 e. The minimum absolute atomic E-state index is 0.191. The maximum atomic E-state index is 14.6. The highest BCUT2D eigenvalue weighted by Crippen LogP contribution is 2.22. The van der Waals surface area contributed by atoms with Gasteiger partial charge >= 0.3 is 0 Å². The second-order valence-electron chi connectivity index (χ2n) is 7.14. The first kappa shape index (κ1) is 21.0. The van der Waals surface area contributed by atoms with Gasteiger partial charge < -0.3 is 31.4 Å². The van der Waals surface area contributed by atoms with Crippen molar-refractivity contribution in [1.82, 2.24) is 16.0 Å². The van der Waals surface area contributed by atoms with Crippen molar-refractivity contribution in [2.24, 2.45) is 0 Å². The zero-order chi connectivity index (χ0) is 20.6. The lowest BCUT2D eigenvalue weighted by Gasteiger charge is -2.30. The molecule has 7 nitrogen and oxygen atoms in total.